The molecule has 0 aliphatic carbocycles. The summed E-state index contributed by atoms with van der Waals surface area (Å²) in [4.78, 5) is 62.2. The van der Waals surface area contributed by atoms with Crippen LogP contribution in [-0.2, 0) is 41.6 Å². The van der Waals surface area contributed by atoms with Crippen LogP contribution in [0.25, 0.3) is 62.6 Å². The quantitative estimate of drug-likeness (QED) is 0.139. The monoisotopic (exact) mass is 790 g/mol. The summed E-state index contributed by atoms with van der Waals surface area (Å²) in [5.41, 5.74) is 10.7. The first-order chi connectivity index (χ1) is 26.1. The average molecular weight is 791 g/mol. The number of rotatable bonds is 10. The number of carboxylic acids is 2. The predicted molar refractivity (Wildman–Crippen MR) is 213 cm³/mol. The van der Waals surface area contributed by atoms with Crippen LogP contribution in [0.4, 0.5) is 0 Å². The second-order valence-corrected chi connectivity index (χ2v) is 15.8. The van der Waals surface area contributed by atoms with Crippen LogP contribution in [0.3, 0.4) is 0 Å². The molecule has 0 atom stereocenters. The molecule has 0 saturated heterocycles. The zero-order valence-electron chi connectivity index (χ0n) is 28.8. The van der Waals surface area contributed by atoms with Crippen LogP contribution in [0.1, 0.15) is 22.3 Å². The molecule has 0 spiro atoms. The predicted octanol–water partition coefficient (Wildman–Crippen LogP) is 10.6. The highest BCUT2D eigenvalue weighted by atomic mass is 32.1. The lowest BCUT2D eigenvalue weighted by molar-refractivity contribution is -0.193. The van der Waals surface area contributed by atoms with Gasteiger partial charge in [-0.05, 0) is 105 Å². The minimum Gasteiger partial charge on any atom is -0.481 e. The molecule has 0 saturated carbocycles. The number of aliphatic carboxylic acids is 2. The van der Waals surface area contributed by atoms with E-state index in [0.29, 0.717) is 0 Å². The summed E-state index contributed by atoms with van der Waals surface area (Å²) in [5.74, 6) is -1.66. The topological polar surface area (TPSA) is 143 Å². The van der Waals surface area contributed by atoms with Crippen LogP contribution < -0.4 is 0 Å². The van der Waals surface area contributed by atoms with Gasteiger partial charge in [0.2, 0.25) is 0 Å². The van der Waals surface area contributed by atoms with Gasteiger partial charge in [-0.3, -0.25) is 9.59 Å². The van der Waals surface area contributed by atoms with Gasteiger partial charge in [0.15, 0.2) is 0 Å². The number of carbonyl (C=O) groups excluding carboxylic acids is 4. The van der Waals surface area contributed by atoms with Gasteiger partial charge in [0.05, 0.1) is 12.8 Å². The van der Waals surface area contributed by atoms with E-state index < -0.39 is 11.9 Å². The minimum absolute atomic E-state index is 0.0216. The first kappa shape index (κ1) is 39.4. The number of thiophene rings is 4. The molecule has 7 rings (SSSR count). The van der Waals surface area contributed by atoms with E-state index >= 15 is 0 Å². The van der Waals surface area contributed by atoms with Crippen molar-refractivity contribution in [2.75, 3.05) is 0 Å². The molecular weight excluding hydrogens is 761 g/mol. The van der Waals surface area contributed by atoms with Gasteiger partial charge < -0.3 is 10.2 Å². The Hall–Kier alpha value is -5.84. The van der Waals surface area contributed by atoms with Crippen molar-refractivity contribution in [1.82, 2.24) is 0 Å². The van der Waals surface area contributed by atoms with E-state index in [1.165, 1.54) is 31.3 Å². The van der Waals surface area contributed by atoms with Crippen LogP contribution >= 0.6 is 45.3 Å². The molecule has 0 radical (unpaired) electrons. The van der Waals surface area contributed by atoms with Crippen molar-refractivity contribution in [3.05, 3.63) is 130 Å². The van der Waals surface area contributed by atoms with E-state index in [1.54, 1.807) is 45.3 Å². The molecule has 54 heavy (non-hydrogen) atoms. The van der Waals surface area contributed by atoms with Crippen molar-refractivity contribution in [2.24, 2.45) is 0 Å². The summed E-state index contributed by atoms with van der Waals surface area (Å²) >= 11 is 6.69. The Labute approximate surface area is 326 Å². The van der Waals surface area contributed by atoms with Gasteiger partial charge in [-0.1, -0.05) is 72.8 Å². The Kier molecular flexibility index (Phi) is 13.3. The SMILES string of the molecule is Cc1ccsc1-c1ccc(-c2sc(-c3ccc(-c4cc(C)c(-c5ccc(-c6sccc6CC(=O)O)cc5)s4)cc3)cc2CC(=O)O)cc1.O=C=O.O=C=O. The van der Waals surface area contributed by atoms with Crippen molar-refractivity contribution >= 4 is 69.6 Å². The Morgan fingerprint density at radius 2 is 0.870 bits per heavy atom. The van der Waals surface area contributed by atoms with Gasteiger partial charge in [-0.2, -0.15) is 19.2 Å². The van der Waals surface area contributed by atoms with E-state index in [9.17, 15) is 19.8 Å². The largest absolute Gasteiger partial charge is 0.481 e. The Morgan fingerprint density at radius 3 is 1.37 bits per heavy atom. The fraction of sp³-hybridized carbons (Fsp3) is 0.0952. The zero-order chi connectivity index (χ0) is 38.8. The van der Waals surface area contributed by atoms with E-state index in [0.717, 1.165) is 53.6 Å². The summed E-state index contributed by atoms with van der Waals surface area (Å²) in [6.45, 7) is 4.25. The highest BCUT2D eigenvalue weighted by molar-refractivity contribution is 7.19. The Bertz CT molecular complexity index is 2440. The molecule has 270 valence electrons. The standard InChI is InChI=1S/C40H30O4S4.2CO2/c1-23-15-17-45-37(23)27-7-13-30(14-8-27)40-32(22-36(43)44)20-34(48-40)26-5-3-25(4-6-26)33-19-24(2)38(47-33)28-9-11-29(12-10-28)39-31(16-18-46-39)21-35(41)42;2*2-1-3/h3-20H,21-22H2,1-2H3,(H,41,42)(H,43,44);;. The summed E-state index contributed by atoms with van der Waals surface area (Å²) in [7, 11) is 0. The Morgan fingerprint density at radius 1 is 0.481 bits per heavy atom. The number of aryl methyl sites for hydroxylation is 2. The lowest BCUT2D eigenvalue weighted by Crippen LogP contribution is -1.99. The summed E-state index contributed by atoms with van der Waals surface area (Å²) in [6, 6.07) is 33.6. The summed E-state index contributed by atoms with van der Waals surface area (Å²) < 4.78 is 0. The average Bonchev–Trinajstić information content (AvgIpc) is 3.96. The molecule has 0 fully saturated rings. The number of hydrogen-bond donors (Lipinski definition) is 2. The molecule has 0 amide bonds. The van der Waals surface area contributed by atoms with Gasteiger partial charge in [0.1, 0.15) is 0 Å². The van der Waals surface area contributed by atoms with Crippen molar-refractivity contribution < 1.29 is 39.0 Å². The highest BCUT2D eigenvalue weighted by Gasteiger charge is 2.17. The maximum atomic E-state index is 11.8. The lowest BCUT2D eigenvalue weighted by atomic mass is 10.0. The first-order valence-corrected chi connectivity index (χ1v) is 19.5. The number of hydrogen-bond acceptors (Lipinski definition) is 10. The molecule has 7 aromatic rings. The van der Waals surface area contributed by atoms with Crippen molar-refractivity contribution in [3.8, 4) is 62.6 Å². The van der Waals surface area contributed by atoms with Gasteiger partial charge in [0, 0.05) is 29.3 Å². The zero-order valence-corrected chi connectivity index (χ0v) is 32.0. The van der Waals surface area contributed by atoms with Gasteiger partial charge in [-0.15, -0.1) is 45.3 Å². The molecule has 2 N–H and O–H groups in total. The molecule has 3 aromatic carbocycles. The maximum absolute atomic E-state index is 11.8. The molecule has 8 nitrogen and oxygen atoms in total. The number of carboxylic acid groups (broad SMARTS) is 2. The van der Waals surface area contributed by atoms with Crippen molar-refractivity contribution in [2.45, 2.75) is 26.7 Å². The van der Waals surface area contributed by atoms with Crippen LogP contribution in [0.5, 0.6) is 0 Å². The third-order valence-electron chi connectivity index (χ3n) is 8.29. The number of carbonyl (C=O) groups is 2. The molecular formula is C42H30O8S4. The smallest absolute Gasteiger partial charge is 0.373 e. The fourth-order valence-electron chi connectivity index (χ4n) is 5.92. The molecule has 12 heteroatoms. The minimum atomic E-state index is -0.838. The second-order valence-electron chi connectivity index (χ2n) is 11.8. The van der Waals surface area contributed by atoms with Crippen LogP contribution in [0, 0.1) is 13.8 Å². The molecule has 4 aromatic heterocycles. The van der Waals surface area contributed by atoms with E-state index in [2.05, 4.69) is 104 Å². The van der Waals surface area contributed by atoms with E-state index in [4.69, 9.17) is 19.2 Å². The van der Waals surface area contributed by atoms with Crippen LogP contribution in [-0.4, -0.2) is 34.5 Å². The first-order valence-electron chi connectivity index (χ1n) is 16.1. The van der Waals surface area contributed by atoms with E-state index in [-0.39, 0.29) is 25.1 Å². The molecule has 0 bridgehead atoms. The summed E-state index contributed by atoms with van der Waals surface area (Å²) in [6.07, 6.45) is 0.499. The molecule has 0 unspecified atom stereocenters. The number of benzene rings is 3. The highest BCUT2D eigenvalue weighted by Crippen LogP contribution is 2.42. The van der Waals surface area contributed by atoms with E-state index in [1.807, 2.05) is 17.5 Å². The van der Waals surface area contributed by atoms with Gasteiger partial charge in [0.25, 0.3) is 0 Å². The maximum Gasteiger partial charge on any atom is 0.373 e. The molecule has 4 heterocycles. The van der Waals surface area contributed by atoms with Crippen LogP contribution in [0.2, 0.25) is 0 Å². The third-order valence-corrected chi connectivity index (χ3v) is 13.0. The lowest BCUT2D eigenvalue weighted by Gasteiger charge is -2.05. The van der Waals surface area contributed by atoms with Crippen molar-refractivity contribution in [3.63, 3.8) is 0 Å². The van der Waals surface area contributed by atoms with Crippen LogP contribution in [0.15, 0.2) is 108 Å². The van der Waals surface area contributed by atoms with Crippen molar-refractivity contribution in [1.29, 1.82) is 0 Å². The van der Waals surface area contributed by atoms with Gasteiger partial charge in [-0.25, -0.2) is 0 Å². The summed E-state index contributed by atoms with van der Waals surface area (Å²) in [5, 5.41) is 23.0. The Balaban J connectivity index is 0.000000878. The normalized spacial score (nSPS) is 10.3. The fourth-order valence-corrected chi connectivity index (χ4v) is 10.2. The second kappa shape index (κ2) is 18.3. The molecule has 0 aliphatic heterocycles. The van der Waals surface area contributed by atoms with Gasteiger partial charge >= 0.3 is 24.2 Å². The molecule has 0 aliphatic rings. The third kappa shape index (κ3) is 9.38.